The monoisotopic (exact) mass is 605 g/mol. The molecule has 0 saturated carbocycles. The van der Waals surface area contributed by atoms with E-state index in [1.54, 1.807) is 0 Å². The molecular weight excluding hydrogens is 579 g/mol. The van der Waals surface area contributed by atoms with Crippen molar-refractivity contribution in [3.8, 4) is 56.0 Å². The molecule has 0 aliphatic heterocycles. The fourth-order valence-electron chi connectivity index (χ4n) is 6.41. The summed E-state index contributed by atoms with van der Waals surface area (Å²) >= 11 is 1.85. The van der Waals surface area contributed by atoms with Crippen LogP contribution >= 0.6 is 11.3 Å². The summed E-state index contributed by atoms with van der Waals surface area (Å²) in [5, 5.41) is 7.90. The Kier molecular flexibility index (Phi) is 6.32. The fourth-order valence-corrected chi connectivity index (χ4v) is 7.50. The minimum Gasteiger partial charge on any atom is -0.228 e. The van der Waals surface area contributed by atoms with Crippen molar-refractivity contribution in [3.05, 3.63) is 164 Å². The van der Waals surface area contributed by atoms with Gasteiger partial charge in [-0.25, -0.2) is 9.50 Å². The Labute approximate surface area is 270 Å². The van der Waals surface area contributed by atoms with E-state index >= 15 is 0 Å². The first kappa shape index (κ1) is 26.6. The van der Waals surface area contributed by atoms with Crippen molar-refractivity contribution < 1.29 is 0 Å². The summed E-state index contributed by atoms with van der Waals surface area (Å²) in [5.74, 6) is 0. The van der Waals surface area contributed by atoms with Crippen molar-refractivity contribution in [2.45, 2.75) is 0 Å². The third-order valence-electron chi connectivity index (χ3n) is 8.64. The van der Waals surface area contributed by atoms with Gasteiger partial charge < -0.3 is 0 Å². The molecule has 3 nitrogen and oxygen atoms in total. The maximum Gasteiger partial charge on any atom is 0.164 e. The molecule has 46 heavy (non-hydrogen) atoms. The quantitative estimate of drug-likeness (QED) is 0.195. The number of aromatic nitrogens is 3. The lowest BCUT2D eigenvalue weighted by molar-refractivity contribution is 0.953. The van der Waals surface area contributed by atoms with Crippen LogP contribution < -0.4 is 0 Å². The van der Waals surface area contributed by atoms with Gasteiger partial charge in [0, 0.05) is 36.9 Å². The van der Waals surface area contributed by atoms with Crippen molar-refractivity contribution in [1.29, 1.82) is 0 Å². The van der Waals surface area contributed by atoms with Crippen molar-refractivity contribution in [3.63, 3.8) is 0 Å². The smallest absolute Gasteiger partial charge is 0.164 e. The number of fused-ring (bicyclic) bond motifs is 4. The van der Waals surface area contributed by atoms with Gasteiger partial charge in [0.15, 0.2) is 5.65 Å². The van der Waals surface area contributed by atoms with Crippen molar-refractivity contribution in [2.75, 3.05) is 0 Å². The van der Waals surface area contributed by atoms with E-state index in [0.717, 1.165) is 56.1 Å². The lowest BCUT2D eigenvalue weighted by Crippen LogP contribution is -1.99. The van der Waals surface area contributed by atoms with Crippen LogP contribution in [0.1, 0.15) is 0 Å². The third-order valence-corrected chi connectivity index (χ3v) is 9.79. The molecule has 0 aliphatic rings. The van der Waals surface area contributed by atoms with Gasteiger partial charge in [0.2, 0.25) is 0 Å². The van der Waals surface area contributed by atoms with E-state index in [1.807, 2.05) is 34.1 Å². The van der Waals surface area contributed by atoms with Gasteiger partial charge in [0.25, 0.3) is 0 Å². The van der Waals surface area contributed by atoms with E-state index in [1.165, 1.54) is 25.7 Å². The van der Waals surface area contributed by atoms with E-state index in [0.29, 0.717) is 0 Å². The van der Waals surface area contributed by atoms with Crippen LogP contribution in [0.15, 0.2) is 164 Å². The van der Waals surface area contributed by atoms with Crippen molar-refractivity contribution in [1.82, 2.24) is 14.6 Å². The van der Waals surface area contributed by atoms with Gasteiger partial charge in [-0.15, -0.1) is 11.3 Å². The van der Waals surface area contributed by atoms with E-state index in [-0.39, 0.29) is 0 Å². The maximum atomic E-state index is 5.33. The largest absolute Gasteiger partial charge is 0.228 e. The van der Waals surface area contributed by atoms with E-state index in [9.17, 15) is 0 Å². The maximum absolute atomic E-state index is 5.33. The average Bonchev–Trinajstić information content (AvgIpc) is 3.71. The van der Waals surface area contributed by atoms with Gasteiger partial charge in [-0.2, -0.15) is 5.10 Å². The van der Waals surface area contributed by atoms with Crippen LogP contribution in [-0.2, 0) is 0 Å². The summed E-state index contributed by atoms with van der Waals surface area (Å²) in [6.45, 7) is 0. The molecule has 0 fully saturated rings. The van der Waals surface area contributed by atoms with E-state index in [2.05, 4.69) is 146 Å². The Bertz CT molecular complexity index is 2510. The zero-order valence-corrected chi connectivity index (χ0v) is 25.7. The molecule has 0 N–H and O–H groups in total. The second kappa shape index (κ2) is 11.0. The molecule has 0 radical (unpaired) electrons. The zero-order chi connectivity index (χ0) is 30.5. The van der Waals surface area contributed by atoms with Crippen LogP contribution in [0, 0.1) is 0 Å². The molecule has 0 amide bonds. The Balaban J connectivity index is 1.31. The predicted octanol–water partition coefficient (Wildman–Crippen LogP) is 11.4. The molecular formula is C42H27N3S. The number of rotatable bonds is 5. The third kappa shape index (κ3) is 4.50. The number of hydrogen-bond acceptors (Lipinski definition) is 3. The van der Waals surface area contributed by atoms with Crippen LogP contribution in [0.3, 0.4) is 0 Å². The molecule has 0 atom stereocenters. The topological polar surface area (TPSA) is 30.2 Å². The molecule has 3 heterocycles. The summed E-state index contributed by atoms with van der Waals surface area (Å²) in [4.78, 5) is 5.33. The lowest BCUT2D eigenvalue weighted by atomic mass is 9.96. The van der Waals surface area contributed by atoms with Crippen LogP contribution in [0.25, 0.3) is 81.8 Å². The second-order valence-corrected chi connectivity index (χ2v) is 12.6. The Morgan fingerprint density at radius 3 is 1.83 bits per heavy atom. The van der Waals surface area contributed by atoms with Crippen LogP contribution in [0.5, 0.6) is 0 Å². The summed E-state index contributed by atoms with van der Waals surface area (Å²) < 4.78 is 4.65. The SMILES string of the molecule is c1ccc(-c2cc(-c3ccccc3)n3nc(-c4ccccc4)c(-c4cccc(-c5ccc6sc7ccccc7c6c5)c4)c3n2)cc1. The molecule has 0 unspecified atom stereocenters. The average molecular weight is 606 g/mol. The Hall–Kier alpha value is -5.84. The zero-order valence-electron chi connectivity index (χ0n) is 24.8. The summed E-state index contributed by atoms with van der Waals surface area (Å²) in [6, 6.07) is 57.8. The molecule has 3 aromatic heterocycles. The fraction of sp³-hybridized carbons (Fsp3) is 0. The highest BCUT2D eigenvalue weighted by molar-refractivity contribution is 7.25. The van der Waals surface area contributed by atoms with E-state index < -0.39 is 0 Å². The molecule has 0 spiro atoms. The first-order chi connectivity index (χ1) is 22.8. The summed E-state index contributed by atoms with van der Waals surface area (Å²) in [7, 11) is 0. The molecule has 0 aliphatic carbocycles. The molecule has 0 saturated heterocycles. The highest BCUT2D eigenvalue weighted by atomic mass is 32.1. The number of nitrogens with zero attached hydrogens (tertiary/aromatic N) is 3. The summed E-state index contributed by atoms with van der Waals surface area (Å²) in [6.07, 6.45) is 0. The first-order valence-corrected chi connectivity index (χ1v) is 16.2. The van der Waals surface area contributed by atoms with Gasteiger partial charge in [-0.05, 0) is 47.0 Å². The van der Waals surface area contributed by atoms with Crippen LogP contribution in [-0.4, -0.2) is 14.6 Å². The molecule has 0 bridgehead atoms. The molecule has 4 heteroatoms. The lowest BCUT2D eigenvalue weighted by Gasteiger charge is -2.10. The van der Waals surface area contributed by atoms with Gasteiger partial charge in [-0.3, -0.25) is 0 Å². The Morgan fingerprint density at radius 2 is 1.04 bits per heavy atom. The standard InChI is InChI=1S/C42H27N3S/c1-4-13-28(14-5-1)36-27-37(29-15-6-2-7-16-29)45-42(43-36)40(41(44-45)30-17-8-3-9-18-30)33-20-12-19-31(25-33)32-23-24-39-35(26-32)34-21-10-11-22-38(34)46-39/h1-27H. The molecule has 9 aromatic rings. The second-order valence-electron chi connectivity index (χ2n) is 11.5. The minimum atomic E-state index is 0.829. The van der Waals surface area contributed by atoms with Gasteiger partial charge >= 0.3 is 0 Å². The highest BCUT2D eigenvalue weighted by Crippen LogP contribution is 2.40. The van der Waals surface area contributed by atoms with Crippen molar-refractivity contribution >= 4 is 37.2 Å². The van der Waals surface area contributed by atoms with Crippen LogP contribution in [0.2, 0.25) is 0 Å². The number of benzene rings is 6. The number of thiophene rings is 1. The molecule has 216 valence electrons. The normalized spacial score (nSPS) is 11.5. The van der Waals surface area contributed by atoms with Gasteiger partial charge in [0.05, 0.1) is 17.0 Å². The van der Waals surface area contributed by atoms with E-state index in [4.69, 9.17) is 10.1 Å². The summed E-state index contributed by atoms with van der Waals surface area (Å²) in [5.41, 5.74) is 11.3. The van der Waals surface area contributed by atoms with Crippen LogP contribution in [0.4, 0.5) is 0 Å². The van der Waals surface area contributed by atoms with Crippen molar-refractivity contribution in [2.24, 2.45) is 0 Å². The molecule has 9 rings (SSSR count). The first-order valence-electron chi connectivity index (χ1n) is 15.4. The Morgan fingerprint density at radius 1 is 0.435 bits per heavy atom. The van der Waals surface area contributed by atoms with Gasteiger partial charge in [-0.1, -0.05) is 133 Å². The molecule has 6 aromatic carbocycles. The van der Waals surface area contributed by atoms with Gasteiger partial charge in [0.1, 0.15) is 5.69 Å². The number of hydrogen-bond donors (Lipinski definition) is 0. The minimum absolute atomic E-state index is 0.829. The predicted molar refractivity (Wildman–Crippen MR) is 193 cm³/mol. The highest BCUT2D eigenvalue weighted by Gasteiger charge is 2.22.